The highest BCUT2D eigenvalue weighted by atomic mass is 35.5. The summed E-state index contributed by atoms with van der Waals surface area (Å²) in [5.41, 5.74) is 0.800. The zero-order valence-electron chi connectivity index (χ0n) is 12.1. The van der Waals surface area contributed by atoms with Gasteiger partial charge in [0, 0.05) is 37.2 Å². The summed E-state index contributed by atoms with van der Waals surface area (Å²) in [6.45, 7) is 2.16. The quantitative estimate of drug-likeness (QED) is 0.858. The van der Waals surface area contributed by atoms with Gasteiger partial charge >= 0.3 is 0 Å². The molecule has 0 aromatic heterocycles. The lowest BCUT2D eigenvalue weighted by atomic mass is 9.78. The summed E-state index contributed by atoms with van der Waals surface area (Å²) in [7, 11) is 0. The predicted molar refractivity (Wildman–Crippen MR) is 81.6 cm³/mol. The lowest BCUT2D eigenvalue weighted by Gasteiger charge is -2.43. The molecule has 1 spiro atoms. The number of ketones is 1. The molecule has 0 saturated carbocycles. The van der Waals surface area contributed by atoms with Crippen LogP contribution < -0.4 is 0 Å². The van der Waals surface area contributed by atoms with Crippen molar-refractivity contribution in [2.75, 3.05) is 19.8 Å². The van der Waals surface area contributed by atoms with Crippen LogP contribution in [0.4, 0.5) is 0 Å². The Labute approximate surface area is 130 Å². The summed E-state index contributed by atoms with van der Waals surface area (Å²) in [6.07, 6.45) is 3.90. The summed E-state index contributed by atoms with van der Waals surface area (Å²) in [5, 5.41) is 0.679. The summed E-state index contributed by atoms with van der Waals surface area (Å²) >= 11 is 6.16. The number of carbonyl (C=O) groups excluding carboxylic acids is 1. The molecule has 2 aliphatic rings. The van der Waals surface area contributed by atoms with E-state index in [1.54, 1.807) is 0 Å². The van der Waals surface area contributed by atoms with Crippen molar-refractivity contribution in [3.8, 4) is 0 Å². The number of Topliss-reactive ketones (excluding diaryl/α,β-unsaturated/α-hetero) is 1. The molecule has 2 heterocycles. The Morgan fingerprint density at radius 1 is 1.24 bits per heavy atom. The third-order valence-electron chi connectivity index (χ3n) is 4.67. The second kappa shape index (κ2) is 6.47. The Bertz CT molecular complexity index is 503. The van der Waals surface area contributed by atoms with E-state index in [1.165, 1.54) is 0 Å². The maximum Gasteiger partial charge on any atom is 0.140 e. The van der Waals surface area contributed by atoms with E-state index in [4.69, 9.17) is 21.1 Å². The molecule has 0 radical (unpaired) electrons. The topological polar surface area (TPSA) is 35.5 Å². The first kappa shape index (κ1) is 15.0. The van der Waals surface area contributed by atoms with E-state index in [2.05, 4.69) is 0 Å². The van der Waals surface area contributed by atoms with Gasteiger partial charge < -0.3 is 9.47 Å². The van der Waals surface area contributed by atoms with Gasteiger partial charge in [0.05, 0.1) is 5.60 Å². The van der Waals surface area contributed by atoms with Gasteiger partial charge in [-0.2, -0.15) is 0 Å². The predicted octanol–water partition coefficient (Wildman–Crippen LogP) is 3.43. The Balaban J connectivity index is 1.66. The molecule has 2 fully saturated rings. The smallest absolute Gasteiger partial charge is 0.140 e. The van der Waals surface area contributed by atoms with Crippen LogP contribution in [0.15, 0.2) is 24.3 Å². The average molecular weight is 309 g/mol. The molecule has 3 nitrogen and oxygen atoms in total. The van der Waals surface area contributed by atoms with Crippen LogP contribution in [-0.4, -0.2) is 31.2 Å². The lowest BCUT2D eigenvalue weighted by Crippen LogP contribution is -2.46. The van der Waals surface area contributed by atoms with Crippen LogP contribution in [0, 0.1) is 5.92 Å². The zero-order chi connectivity index (χ0) is 14.7. The normalized spacial score (nSPS) is 24.9. The number of carbonyl (C=O) groups is 1. The number of rotatable bonds is 3. The SMILES string of the molecule is O=C(Cc1ccccc1Cl)C1CCOC2(CCOCC2)C1. The molecule has 114 valence electrons. The molecule has 1 atom stereocenters. The third kappa shape index (κ3) is 3.47. The van der Waals surface area contributed by atoms with Crippen molar-refractivity contribution < 1.29 is 14.3 Å². The summed E-state index contributed by atoms with van der Waals surface area (Å²) < 4.78 is 11.4. The Kier molecular flexibility index (Phi) is 4.63. The van der Waals surface area contributed by atoms with Crippen molar-refractivity contribution in [3.05, 3.63) is 34.9 Å². The minimum atomic E-state index is -0.128. The maximum absolute atomic E-state index is 12.6. The molecule has 2 saturated heterocycles. The van der Waals surface area contributed by atoms with E-state index in [0.717, 1.165) is 44.5 Å². The molecule has 1 aromatic rings. The van der Waals surface area contributed by atoms with Crippen LogP contribution in [0.1, 0.15) is 31.2 Å². The second-order valence-corrected chi connectivity index (χ2v) is 6.48. The largest absolute Gasteiger partial charge is 0.381 e. The van der Waals surface area contributed by atoms with Gasteiger partial charge in [0.25, 0.3) is 0 Å². The van der Waals surface area contributed by atoms with Crippen LogP contribution in [0.25, 0.3) is 0 Å². The van der Waals surface area contributed by atoms with Gasteiger partial charge in [-0.05, 0) is 37.3 Å². The van der Waals surface area contributed by atoms with Crippen molar-refractivity contribution in [1.29, 1.82) is 0 Å². The lowest BCUT2D eigenvalue weighted by molar-refractivity contribution is -0.156. The van der Waals surface area contributed by atoms with E-state index in [1.807, 2.05) is 24.3 Å². The molecule has 3 rings (SSSR count). The highest BCUT2D eigenvalue weighted by molar-refractivity contribution is 6.31. The van der Waals surface area contributed by atoms with E-state index >= 15 is 0 Å². The highest BCUT2D eigenvalue weighted by Crippen LogP contribution is 2.37. The molecule has 1 aromatic carbocycles. The van der Waals surface area contributed by atoms with Crippen LogP contribution in [0.5, 0.6) is 0 Å². The fourth-order valence-electron chi connectivity index (χ4n) is 3.37. The average Bonchev–Trinajstić information content (AvgIpc) is 2.50. The van der Waals surface area contributed by atoms with Crippen molar-refractivity contribution in [1.82, 2.24) is 0 Å². The zero-order valence-corrected chi connectivity index (χ0v) is 12.9. The first-order valence-corrected chi connectivity index (χ1v) is 8.04. The van der Waals surface area contributed by atoms with Crippen molar-refractivity contribution in [2.24, 2.45) is 5.92 Å². The number of hydrogen-bond donors (Lipinski definition) is 0. The van der Waals surface area contributed by atoms with Gasteiger partial charge in [0.15, 0.2) is 0 Å². The highest BCUT2D eigenvalue weighted by Gasteiger charge is 2.40. The molecule has 4 heteroatoms. The summed E-state index contributed by atoms with van der Waals surface area (Å²) in [6, 6.07) is 7.60. The van der Waals surface area contributed by atoms with Crippen molar-refractivity contribution >= 4 is 17.4 Å². The summed E-state index contributed by atoms with van der Waals surface area (Å²) in [5.74, 6) is 0.380. The molecule has 0 amide bonds. The van der Waals surface area contributed by atoms with E-state index in [-0.39, 0.29) is 17.3 Å². The number of halogens is 1. The van der Waals surface area contributed by atoms with Crippen LogP contribution >= 0.6 is 11.6 Å². The molecule has 21 heavy (non-hydrogen) atoms. The van der Waals surface area contributed by atoms with E-state index < -0.39 is 0 Å². The van der Waals surface area contributed by atoms with Gasteiger partial charge in [-0.1, -0.05) is 29.8 Å². The van der Waals surface area contributed by atoms with Gasteiger partial charge in [0.2, 0.25) is 0 Å². The van der Waals surface area contributed by atoms with E-state index in [9.17, 15) is 4.79 Å². The number of hydrogen-bond acceptors (Lipinski definition) is 3. The van der Waals surface area contributed by atoms with Gasteiger partial charge in [-0.15, -0.1) is 0 Å². The molecular weight excluding hydrogens is 288 g/mol. The Morgan fingerprint density at radius 2 is 2.00 bits per heavy atom. The van der Waals surface area contributed by atoms with Gasteiger partial charge in [-0.25, -0.2) is 0 Å². The van der Waals surface area contributed by atoms with Gasteiger partial charge in [0.1, 0.15) is 5.78 Å². The monoisotopic (exact) mass is 308 g/mol. The van der Waals surface area contributed by atoms with Gasteiger partial charge in [-0.3, -0.25) is 4.79 Å². The van der Waals surface area contributed by atoms with Crippen molar-refractivity contribution in [2.45, 2.75) is 37.7 Å². The van der Waals surface area contributed by atoms with Crippen LogP contribution in [0.3, 0.4) is 0 Å². The fraction of sp³-hybridized carbons (Fsp3) is 0.588. The summed E-state index contributed by atoms with van der Waals surface area (Å²) in [4.78, 5) is 12.6. The standard InChI is InChI=1S/C17H21ClO3/c18-15-4-2-1-3-13(15)11-16(19)14-5-8-21-17(12-14)6-9-20-10-7-17/h1-4,14H,5-12H2. The molecule has 1 unspecified atom stereocenters. The Hall–Kier alpha value is -0.900. The second-order valence-electron chi connectivity index (χ2n) is 6.07. The molecule has 0 bridgehead atoms. The Morgan fingerprint density at radius 3 is 2.76 bits per heavy atom. The first-order valence-electron chi connectivity index (χ1n) is 7.66. The van der Waals surface area contributed by atoms with Crippen LogP contribution in [-0.2, 0) is 20.7 Å². The van der Waals surface area contributed by atoms with Crippen molar-refractivity contribution in [3.63, 3.8) is 0 Å². The molecular formula is C17H21ClO3. The maximum atomic E-state index is 12.6. The van der Waals surface area contributed by atoms with Crippen LogP contribution in [0.2, 0.25) is 5.02 Å². The first-order chi connectivity index (χ1) is 10.2. The number of ether oxygens (including phenoxy) is 2. The fourth-order valence-corrected chi connectivity index (χ4v) is 3.57. The third-order valence-corrected chi connectivity index (χ3v) is 5.04. The molecule has 2 aliphatic heterocycles. The minimum Gasteiger partial charge on any atom is -0.381 e. The number of benzene rings is 1. The minimum absolute atomic E-state index is 0.0909. The molecule has 0 aliphatic carbocycles. The molecule has 0 N–H and O–H groups in total. The van der Waals surface area contributed by atoms with E-state index in [0.29, 0.717) is 18.1 Å².